The van der Waals surface area contributed by atoms with Crippen LogP contribution in [0.5, 0.6) is 0 Å². The van der Waals surface area contributed by atoms with Crippen LogP contribution in [-0.2, 0) is 22.4 Å². The lowest BCUT2D eigenvalue weighted by atomic mass is 10.0. The maximum atomic E-state index is 12.5. The monoisotopic (exact) mass is 351 g/mol. The Bertz CT molecular complexity index is 829. The number of esters is 1. The van der Waals surface area contributed by atoms with E-state index in [4.69, 9.17) is 4.74 Å². The van der Waals surface area contributed by atoms with Crippen LogP contribution in [-0.4, -0.2) is 30.3 Å². The largest absolute Gasteiger partial charge is 0.453 e. The molecule has 0 bridgehead atoms. The molecule has 1 N–H and O–H groups in total. The first-order chi connectivity index (χ1) is 12.5. The van der Waals surface area contributed by atoms with Gasteiger partial charge in [0.1, 0.15) is 6.54 Å². The van der Waals surface area contributed by atoms with Gasteiger partial charge in [-0.3, -0.25) is 14.4 Å². The lowest BCUT2D eigenvalue weighted by Gasteiger charge is -2.13. The smallest absolute Gasteiger partial charge is 0.326 e. The van der Waals surface area contributed by atoms with Crippen molar-refractivity contribution < 1.29 is 19.1 Å². The van der Waals surface area contributed by atoms with Crippen molar-refractivity contribution in [1.82, 2.24) is 5.32 Å². The molecule has 0 radical (unpaired) electrons. The SMILES string of the molecule is C[C@H](OC(=O)CNC(=O)c1ccccc1)C(=O)c1ccc2c(c1)CCC2. The van der Waals surface area contributed by atoms with Crippen LogP contribution < -0.4 is 5.32 Å². The highest BCUT2D eigenvalue weighted by atomic mass is 16.5. The zero-order chi connectivity index (χ0) is 18.5. The molecular weight excluding hydrogens is 330 g/mol. The second kappa shape index (κ2) is 7.95. The lowest BCUT2D eigenvalue weighted by Crippen LogP contribution is -2.34. The van der Waals surface area contributed by atoms with Crippen LogP contribution in [0.25, 0.3) is 0 Å². The number of nitrogens with one attached hydrogen (secondary N) is 1. The molecule has 0 fully saturated rings. The highest BCUT2D eigenvalue weighted by Gasteiger charge is 2.21. The summed E-state index contributed by atoms with van der Waals surface area (Å²) in [5.74, 6) is -1.24. The fourth-order valence-electron chi connectivity index (χ4n) is 3.10. The van der Waals surface area contributed by atoms with Crippen molar-refractivity contribution in [2.24, 2.45) is 0 Å². The molecule has 0 unspecified atom stereocenters. The summed E-state index contributed by atoms with van der Waals surface area (Å²) in [7, 11) is 0. The van der Waals surface area contributed by atoms with E-state index in [1.165, 1.54) is 11.1 Å². The number of carbonyl (C=O) groups excluding carboxylic acids is 3. The van der Waals surface area contributed by atoms with Crippen molar-refractivity contribution in [1.29, 1.82) is 0 Å². The Morgan fingerprint density at radius 3 is 2.50 bits per heavy atom. The Morgan fingerprint density at radius 2 is 1.73 bits per heavy atom. The number of amides is 1. The molecule has 1 aliphatic carbocycles. The van der Waals surface area contributed by atoms with E-state index in [0.29, 0.717) is 11.1 Å². The van der Waals surface area contributed by atoms with E-state index in [1.54, 1.807) is 43.3 Å². The van der Waals surface area contributed by atoms with E-state index in [-0.39, 0.29) is 18.2 Å². The van der Waals surface area contributed by atoms with Gasteiger partial charge in [-0.25, -0.2) is 0 Å². The van der Waals surface area contributed by atoms with Crippen molar-refractivity contribution in [2.75, 3.05) is 6.54 Å². The first-order valence-corrected chi connectivity index (χ1v) is 8.73. The number of aryl methyl sites for hydroxylation is 2. The molecule has 1 atom stereocenters. The average molecular weight is 351 g/mol. The Labute approximate surface area is 152 Å². The summed E-state index contributed by atoms with van der Waals surface area (Å²) in [4.78, 5) is 36.3. The van der Waals surface area contributed by atoms with Crippen molar-refractivity contribution in [3.63, 3.8) is 0 Å². The topological polar surface area (TPSA) is 72.5 Å². The average Bonchev–Trinajstić information content (AvgIpc) is 3.13. The third-order valence-electron chi connectivity index (χ3n) is 4.49. The Balaban J connectivity index is 1.52. The number of benzene rings is 2. The predicted octanol–water partition coefficient (Wildman–Crippen LogP) is 2.72. The van der Waals surface area contributed by atoms with E-state index in [9.17, 15) is 14.4 Å². The molecule has 0 heterocycles. The number of hydrogen-bond donors (Lipinski definition) is 1. The molecular formula is C21H21NO4. The number of carbonyl (C=O) groups is 3. The molecule has 0 saturated carbocycles. The Hall–Kier alpha value is -2.95. The summed E-state index contributed by atoms with van der Waals surface area (Å²) < 4.78 is 5.17. The van der Waals surface area contributed by atoms with Crippen molar-refractivity contribution in [2.45, 2.75) is 32.3 Å². The molecule has 134 valence electrons. The maximum absolute atomic E-state index is 12.5. The third kappa shape index (κ3) is 4.17. The van der Waals surface area contributed by atoms with Crippen molar-refractivity contribution >= 4 is 17.7 Å². The number of rotatable bonds is 6. The highest BCUT2D eigenvalue weighted by molar-refractivity contribution is 6.01. The third-order valence-corrected chi connectivity index (χ3v) is 4.49. The van der Waals surface area contributed by atoms with Gasteiger partial charge in [-0.05, 0) is 55.5 Å². The molecule has 1 aliphatic rings. The molecule has 2 aromatic rings. The molecule has 0 aliphatic heterocycles. The van der Waals surface area contributed by atoms with Crippen LogP contribution in [0.15, 0.2) is 48.5 Å². The van der Waals surface area contributed by atoms with Gasteiger partial charge >= 0.3 is 5.97 Å². The maximum Gasteiger partial charge on any atom is 0.326 e. The predicted molar refractivity (Wildman–Crippen MR) is 97.1 cm³/mol. The minimum Gasteiger partial charge on any atom is -0.453 e. The summed E-state index contributed by atoms with van der Waals surface area (Å²) in [6.45, 7) is 1.27. The second-order valence-corrected chi connectivity index (χ2v) is 6.38. The van der Waals surface area contributed by atoms with Crippen molar-refractivity contribution in [3.05, 3.63) is 70.8 Å². The zero-order valence-electron chi connectivity index (χ0n) is 14.7. The Morgan fingerprint density at radius 1 is 1.00 bits per heavy atom. The normalized spacial score (nSPS) is 13.6. The molecule has 0 saturated heterocycles. The summed E-state index contributed by atoms with van der Waals surface area (Å²) in [6, 6.07) is 14.2. The van der Waals surface area contributed by atoms with Gasteiger partial charge in [0.2, 0.25) is 5.78 Å². The van der Waals surface area contributed by atoms with Crippen LogP contribution in [0.3, 0.4) is 0 Å². The number of hydrogen-bond acceptors (Lipinski definition) is 4. The van der Waals surface area contributed by atoms with E-state index < -0.39 is 12.1 Å². The van der Waals surface area contributed by atoms with Gasteiger partial charge in [-0.1, -0.05) is 30.3 Å². The molecule has 5 nitrogen and oxygen atoms in total. The van der Waals surface area contributed by atoms with Gasteiger partial charge in [0.05, 0.1) is 0 Å². The van der Waals surface area contributed by atoms with Gasteiger partial charge < -0.3 is 10.1 Å². The lowest BCUT2D eigenvalue weighted by molar-refractivity contribution is -0.145. The van der Waals surface area contributed by atoms with E-state index in [2.05, 4.69) is 5.32 Å². The van der Waals surface area contributed by atoms with Crippen LogP contribution in [0.2, 0.25) is 0 Å². The zero-order valence-corrected chi connectivity index (χ0v) is 14.7. The van der Waals surface area contributed by atoms with Crippen LogP contribution in [0.4, 0.5) is 0 Å². The number of fused-ring (bicyclic) bond motifs is 1. The molecule has 5 heteroatoms. The van der Waals surface area contributed by atoms with Crippen LogP contribution in [0, 0.1) is 0 Å². The number of ketones is 1. The van der Waals surface area contributed by atoms with Crippen LogP contribution >= 0.6 is 0 Å². The quantitative estimate of drug-likeness (QED) is 0.642. The molecule has 0 aromatic heterocycles. The van der Waals surface area contributed by atoms with Gasteiger partial charge in [0.15, 0.2) is 6.10 Å². The van der Waals surface area contributed by atoms with Crippen molar-refractivity contribution in [3.8, 4) is 0 Å². The molecule has 2 aromatic carbocycles. The first-order valence-electron chi connectivity index (χ1n) is 8.73. The standard InChI is InChI=1S/C21H21NO4/c1-14(20(24)18-11-10-15-8-5-9-17(15)12-18)26-19(23)13-22-21(25)16-6-3-2-4-7-16/h2-4,6-7,10-12,14H,5,8-9,13H2,1H3,(H,22,25)/t14-/m0/s1. The number of ether oxygens (including phenoxy) is 1. The fraction of sp³-hybridized carbons (Fsp3) is 0.286. The summed E-state index contributed by atoms with van der Waals surface area (Å²) in [5.41, 5.74) is 3.50. The molecule has 3 rings (SSSR count). The van der Waals surface area contributed by atoms with Gasteiger partial charge in [-0.15, -0.1) is 0 Å². The first kappa shape index (κ1) is 17.9. The molecule has 1 amide bonds. The minimum absolute atomic E-state index is 0.234. The van der Waals surface area contributed by atoms with Gasteiger partial charge in [0, 0.05) is 11.1 Å². The summed E-state index contributed by atoms with van der Waals surface area (Å²) in [5, 5.41) is 2.49. The summed E-state index contributed by atoms with van der Waals surface area (Å²) >= 11 is 0. The van der Waals surface area contributed by atoms with Crippen LogP contribution in [0.1, 0.15) is 45.2 Å². The van der Waals surface area contributed by atoms with E-state index in [0.717, 1.165) is 19.3 Å². The second-order valence-electron chi connectivity index (χ2n) is 6.38. The Kier molecular flexibility index (Phi) is 5.46. The van der Waals surface area contributed by atoms with E-state index >= 15 is 0 Å². The highest BCUT2D eigenvalue weighted by Crippen LogP contribution is 2.23. The number of Topliss-reactive ketones (excluding diaryl/α,β-unsaturated/α-hetero) is 1. The van der Waals surface area contributed by atoms with Gasteiger partial charge in [-0.2, -0.15) is 0 Å². The van der Waals surface area contributed by atoms with E-state index in [1.807, 2.05) is 12.1 Å². The molecule has 26 heavy (non-hydrogen) atoms. The fourth-order valence-corrected chi connectivity index (χ4v) is 3.10. The molecule has 0 spiro atoms. The van der Waals surface area contributed by atoms with Gasteiger partial charge in [0.25, 0.3) is 5.91 Å². The summed E-state index contributed by atoms with van der Waals surface area (Å²) in [6.07, 6.45) is 2.25. The minimum atomic E-state index is -0.893.